The summed E-state index contributed by atoms with van der Waals surface area (Å²) in [5.74, 6) is 2.67. The van der Waals surface area contributed by atoms with E-state index >= 15 is 0 Å². The lowest BCUT2D eigenvalue weighted by Gasteiger charge is -2.34. The summed E-state index contributed by atoms with van der Waals surface area (Å²) in [4.78, 5) is 18.4. The smallest absolute Gasteiger partial charge is 0.217 e. The van der Waals surface area contributed by atoms with Gasteiger partial charge in [-0.3, -0.25) is 4.79 Å². The standard InChI is InChI=1S/C21H32N4O2.HI/c1-2-23-21(25-11-5-6-17(14-25)12-20(22)26)24-13-18-7-3-4-8-19(18)27-15-16-9-10-16;/h3-4,7-8,16-17H,2,5-6,9-15H2,1H3,(H2,22,26)(H,23,24);1H. The van der Waals surface area contributed by atoms with Crippen molar-refractivity contribution in [2.24, 2.45) is 22.6 Å². The molecule has 1 aliphatic heterocycles. The summed E-state index contributed by atoms with van der Waals surface area (Å²) in [7, 11) is 0. The van der Waals surface area contributed by atoms with Gasteiger partial charge in [0.15, 0.2) is 5.96 Å². The van der Waals surface area contributed by atoms with E-state index in [4.69, 9.17) is 15.5 Å². The molecule has 1 aromatic rings. The van der Waals surface area contributed by atoms with E-state index in [-0.39, 0.29) is 29.9 Å². The fourth-order valence-corrected chi connectivity index (χ4v) is 3.56. The lowest BCUT2D eigenvalue weighted by atomic mass is 9.95. The monoisotopic (exact) mass is 500 g/mol. The number of aliphatic imine (C=N–C) groups is 1. The summed E-state index contributed by atoms with van der Waals surface area (Å²) >= 11 is 0. The number of halogens is 1. The Kier molecular flexibility index (Phi) is 9.34. The Morgan fingerprint density at radius 1 is 1.29 bits per heavy atom. The zero-order valence-electron chi connectivity index (χ0n) is 16.7. The first-order valence-corrected chi connectivity index (χ1v) is 10.2. The molecule has 0 aromatic heterocycles. The minimum Gasteiger partial charge on any atom is -0.493 e. The fraction of sp³-hybridized carbons (Fsp3) is 0.619. The average molecular weight is 500 g/mol. The number of ether oxygens (including phenoxy) is 1. The molecule has 6 nitrogen and oxygen atoms in total. The number of nitrogens with zero attached hydrogens (tertiary/aromatic N) is 2. The molecule has 7 heteroatoms. The molecule has 0 bridgehead atoms. The van der Waals surface area contributed by atoms with E-state index in [1.165, 1.54) is 12.8 Å². The molecule has 1 aromatic carbocycles. The van der Waals surface area contributed by atoms with Gasteiger partial charge in [0.2, 0.25) is 5.91 Å². The van der Waals surface area contributed by atoms with Gasteiger partial charge >= 0.3 is 0 Å². The Morgan fingerprint density at radius 3 is 2.79 bits per heavy atom. The number of amides is 1. The van der Waals surface area contributed by atoms with Crippen LogP contribution in [-0.2, 0) is 11.3 Å². The first-order chi connectivity index (χ1) is 13.2. The highest BCUT2D eigenvalue weighted by molar-refractivity contribution is 14.0. The number of hydrogen-bond donors (Lipinski definition) is 2. The van der Waals surface area contributed by atoms with Gasteiger partial charge in [-0.2, -0.15) is 0 Å². The quantitative estimate of drug-likeness (QED) is 0.327. The maximum atomic E-state index is 11.3. The minimum atomic E-state index is -0.217. The third-order valence-corrected chi connectivity index (χ3v) is 5.19. The molecule has 156 valence electrons. The van der Waals surface area contributed by atoms with Gasteiger partial charge in [-0.05, 0) is 50.5 Å². The predicted octanol–water partition coefficient (Wildman–Crippen LogP) is 3.15. The van der Waals surface area contributed by atoms with E-state index in [1.54, 1.807) is 0 Å². The van der Waals surface area contributed by atoms with Gasteiger partial charge in [0.25, 0.3) is 0 Å². The van der Waals surface area contributed by atoms with Crippen molar-refractivity contribution in [1.29, 1.82) is 0 Å². The van der Waals surface area contributed by atoms with Crippen molar-refractivity contribution >= 4 is 35.8 Å². The highest BCUT2D eigenvalue weighted by Crippen LogP contribution is 2.30. The van der Waals surface area contributed by atoms with Gasteiger partial charge in [0, 0.05) is 31.6 Å². The zero-order valence-corrected chi connectivity index (χ0v) is 19.1. The number of carbonyl (C=O) groups excluding carboxylic acids is 1. The molecule has 2 fully saturated rings. The van der Waals surface area contributed by atoms with Crippen LogP contribution in [-0.4, -0.2) is 43.0 Å². The van der Waals surface area contributed by atoms with Crippen LogP contribution >= 0.6 is 24.0 Å². The van der Waals surface area contributed by atoms with Gasteiger partial charge in [0.1, 0.15) is 5.75 Å². The number of nitrogens with one attached hydrogen (secondary N) is 1. The van der Waals surface area contributed by atoms with Crippen LogP contribution in [0.15, 0.2) is 29.3 Å². The number of primary amides is 1. The van der Waals surface area contributed by atoms with Crippen molar-refractivity contribution in [3.8, 4) is 5.75 Å². The zero-order chi connectivity index (χ0) is 19.1. The van der Waals surface area contributed by atoms with E-state index in [0.717, 1.165) is 62.3 Å². The lowest BCUT2D eigenvalue weighted by molar-refractivity contribution is -0.119. The molecular formula is C21H33IN4O2. The number of para-hydroxylation sites is 1. The van der Waals surface area contributed by atoms with E-state index < -0.39 is 0 Å². The Bertz CT molecular complexity index is 664. The number of hydrogen-bond acceptors (Lipinski definition) is 3. The molecule has 0 radical (unpaired) electrons. The number of piperidine rings is 1. The molecule has 28 heavy (non-hydrogen) atoms. The number of guanidine groups is 1. The molecule has 2 aliphatic rings. The molecule has 1 heterocycles. The van der Waals surface area contributed by atoms with Crippen LogP contribution in [0.25, 0.3) is 0 Å². The second-order valence-electron chi connectivity index (χ2n) is 7.66. The molecule has 1 saturated carbocycles. The van der Waals surface area contributed by atoms with Crippen LogP contribution in [0.2, 0.25) is 0 Å². The molecule has 3 rings (SSSR count). The van der Waals surface area contributed by atoms with Crippen molar-refractivity contribution in [3.05, 3.63) is 29.8 Å². The van der Waals surface area contributed by atoms with Gasteiger partial charge in [-0.15, -0.1) is 24.0 Å². The second-order valence-corrected chi connectivity index (χ2v) is 7.66. The number of rotatable bonds is 8. The Hall–Kier alpha value is -1.51. The van der Waals surface area contributed by atoms with Crippen molar-refractivity contribution in [2.45, 2.75) is 45.6 Å². The predicted molar refractivity (Wildman–Crippen MR) is 123 cm³/mol. The van der Waals surface area contributed by atoms with Crippen LogP contribution in [0.4, 0.5) is 0 Å². The maximum Gasteiger partial charge on any atom is 0.217 e. The van der Waals surface area contributed by atoms with Crippen LogP contribution < -0.4 is 15.8 Å². The summed E-state index contributed by atoms with van der Waals surface area (Å²) in [5, 5.41) is 3.40. The topological polar surface area (TPSA) is 80.0 Å². The highest BCUT2D eigenvalue weighted by atomic mass is 127. The Labute approximate surface area is 185 Å². The van der Waals surface area contributed by atoms with Gasteiger partial charge in [-0.25, -0.2) is 4.99 Å². The summed E-state index contributed by atoms with van der Waals surface area (Å²) < 4.78 is 6.00. The summed E-state index contributed by atoms with van der Waals surface area (Å²) in [5.41, 5.74) is 6.50. The van der Waals surface area contributed by atoms with Crippen LogP contribution in [0, 0.1) is 11.8 Å². The first-order valence-electron chi connectivity index (χ1n) is 10.2. The van der Waals surface area contributed by atoms with Crippen LogP contribution in [0.5, 0.6) is 5.75 Å². The SMILES string of the molecule is CCNC(=NCc1ccccc1OCC1CC1)N1CCCC(CC(N)=O)C1.I. The largest absolute Gasteiger partial charge is 0.493 e. The molecule has 1 saturated heterocycles. The van der Waals surface area contributed by atoms with Gasteiger partial charge in [0.05, 0.1) is 13.2 Å². The number of likely N-dealkylation sites (tertiary alicyclic amines) is 1. The summed E-state index contributed by atoms with van der Waals surface area (Å²) in [6.45, 7) is 6.07. The van der Waals surface area contributed by atoms with Crippen LogP contribution in [0.3, 0.4) is 0 Å². The molecule has 3 N–H and O–H groups in total. The average Bonchev–Trinajstić information content (AvgIpc) is 3.48. The van der Waals surface area contributed by atoms with E-state index in [9.17, 15) is 4.79 Å². The molecule has 0 spiro atoms. The third kappa shape index (κ3) is 7.14. The van der Waals surface area contributed by atoms with Gasteiger partial charge < -0.3 is 20.7 Å². The number of benzene rings is 1. The minimum absolute atomic E-state index is 0. The maximum absolute atomic E-state index is 11.3. The summed E-state index contributed by atoms with van der Waals surface area (Å²) in [6.07, 6.45) is 5.13. The number of carbonyl (C=O) groups is 1. The Balaban J connectivity index is 0.00000280. The highest BCUT2D eigenvalue weighted by Gasteiger charge is 2.24. The lowest BCUT2D eigenvalue weighted by Crippen LogP contribution is -2.47. The third-order valence-electron chi connectivity index (χ3n) is 5.19. The first kappa shape index (κ1) is 22.8. The van der Waals surface area contributed by atoms with Crippen molar-refractivity contribution in [2.75, 3.05) is 26.2 Å². The molecule has 1 unspecified atom stereocenters. The fourth-order valence-electron chi connectivity index (χ4n) is 3.56. The molecule has 1 atom stereocenters. The van der Waals surface area contributed by atoms with Crippen molar-refractivity contribution < 1.29 is 9.53 Å². The van der Waals surface area contributed by atoms with Crippen molar-refractivity contribution in [1.82, 2.24) is 10.2 Å². The van der Waals surface area contributed by atoms with Gasteiger partial charge in [-0.1, -0.05) is 18.2 Å². The second kappa shape index (κ2) is 11.5. The van der Waals surface area contributed by atoms with E-state index in [0.29, 0.717) is 18.9 Å². The normalized spacial score (nSPS) is 19.7. The summed E-state index contributed by atoms with van der Waals surface area (Å²) in [6, 6.07) is 8.16. The number of nitrogens with two attached hydrogens (primary N) is 1. The van der Waals surface area contributed by atoms with E-state index in [1.807, 2.05) is 18.2 Å². The van der Waals surface area contributed by atoms with Crippen molar-refractivity contribution in [3.63, 3.8) is 0 Å². The molecule has 1 amide bonds. The Morgan fingerprint density at radius 2 is 2.07 bits per heavy atom. The van der Waals surface area contributed by atoms with E-state index in [2.05, 4.69) is 23.2 Å². The molecule has 1 aliphatic carbocycles. The van der Waals surface area contributed by atoms with Crippen LogP contribution in [0.1, 0.15) is 44.6 Å². The molecular weight excluding hydrogens is 467 g/mol.